The van der Waals surface area contributed by atoms with Crippen molar-refractivity contribution < 1.29 is 9.59 Å². The van der Waals surface area contributed by atoms with E-state index in [9.17, 15) is 9.59 Å². The summed E-state index contributed by atoms with van der Waals surface area (Å²) in [7, 11) is 0. The van der Waals surface area contributed by atoms with Gasteiger partial charge in [0.1, 0.15) is 0 Å². The van der Waals surface area contributed by atoms with Crippen molar-refractivity contribution in [1.29, 1.82) is 0 Å². The van der Waals surface area contributed by atoms with Crippen LogP contribution in [0.15, 0.2) is 6.07 Å². The molecular formula is C16H27N5O2. The number of amides is 3. The Bertz CT molecular complexity index is 561. The van der Waals surface area contributed by atoms with Gasteiger partial charge in [0.15, 0.2) is 0 Å². The molecule has 1 atom stereocenters. The van der Waals surface area contributed by atoms with E-state index in [1.165, 1.54) is 0 Å². The number of likely N-dealkylation sites (tertiary alicyclic amines) is 1. The molecule has 7 heteroatoms. The maximum Gasteiger partial charge on any atom is 0.317 e. The molecule has 1 aliphatic heterocycles. The fourth-order valence-corrected chi connectivity index (χ4v) is 2.96. The Balaban J connectivity index is 1.74. The Morgan fingerprint density at radius 2 is 2.04 bits per heavy atom. The van der Waals surface area contributed by atoms with Gasteiger partial charge < -0.3 is 16.0 Å². The third kappa shape index (κ3) is 4.71. The van der Waals surface area contributed by atoms with Gasteiger partial charge in [0.2, 0.25) is 5.91 Å². The van der Waals surface area contributed by atoms with E-state index in [1.54, 1.807) is 4.90 Å². The average Bonchev–Trinajstić information content (AvgIpc) is 2.82. The van der Waals surface area contributed by atoms with Crippen LogP contribution in [0.1, 0.15) is 31.2 Å². The molecule has 1 aliphatic rings. The minimum absolute atomic E-state index is 0.0619. The maximum absolute atomic E-state index is 12.2. The number of carbonyl (C=O) groups excluding carboxylic acids is 2. The molecule has 0 spiro atoms. The predicted molar refractivity (Wildman–Crippen MR) is 87.8 cm³/mol. The third-order valence-corrected chi connectivity index (χ3v) is 4.37. The van der Waals surface area contributed by atoms with E-state index in [0.29, 0.717) is 38.4 Å². The second-order valence-electron chi connectivity index (χ2n) is 6.56. The van der Waals surface area contributed by atoms with E-state index in [4.69, 9.17) is 5.73 Å². The van der Waals surface area contributed by atoms with Crippen LogP contribution in [0, 0.1) is 25.7 Å². The molecule has 0 saturated carbocycles. The second kappa shape index (κ2) is 7.48. The lowest BCUT2D eigenvalue weighted by Gasteiger charge is -2.31. The number of urea groups is 1. The van der Waals surface area contributed by atoms with Gasteiger partial charge in [-0.25, -0.2) is 4.79 Å². The van der Waals surface area contributed by atoms with Gasteiger partial charge in [0, 0.05) is 37.8 Å². The molecule has 0 bridgehead atoms. The monoisotopic (exact) mass is 321 g/mol. The minimum atomic E-state index is -0.261. The number of aryl methyl sites for hydroxylation is 2. The maximum atomic E-state index is 12.2. The smallest absolute Gasteiger partial charge is 0.317 e. The number of rotatable bonds is 5. The molecule has 7 nitrogen and oxygen atoms in total. The number of hydrogen-bond donors (Lipinski definition) is 2. The Hall–Kier alpha value is -2.05. The molecule has 3 amide bonds. The van der Waals surface area contributed by atoms with Crippen LogP contribution < -0.4 is 11.1 Å². The normalized spacial score (nSPS) is 17.1. The summed E-state index contributed by atoms with van der Waals surface area (Å²) in [6.07, 6.45) is 1.31. The average molecular weight is 321 g/mol. The molecular weight excluding hydrogens is 294 g/mol. The van der Waals surface area contributed by atoms with Crippen LogP contribution in [0.4, 0.5) is 4.79 Å². The zero-order chi connectivity index (χ0) is 17.0. The fourth-order valence-electron chi connectivity index (χ4n) is 2.96. The summed E-state index contributed by atoms with van der Waals surface area (Å²) < 4.78 is 1.98. The SMILES string of the molecule is Cc1cc(C)n(C[C@H](C)CNC(=O)N2CCC(C(N)=O)CC2)n1. The summed E-state index contributed by atoms with van der Waals surface area (Å²) in [5.41, 5.74) is 7.45. The third-order valence-electron chi connectivity index (χ3n) is 4.37. The molecule has 2 rings (SSSR count). The van der Waals surface area contributed by atoms with Crippen LogP contribution in [-0.2, 0) is 11.3 Å². The first kappa shape index (κ1) is 17.3. The predicted octanol–water partition coefficient (Wildman–Crippen LogP) is 1.04. The van der Waals surface area contributed by atoms with Gasteiger partial charge in [0.05, 0.1) is 5.69 Å². The summed E-state index contributed by atoms with van der Waals surface area (Å²) in [6.45, 7) is 8.67. The van der Waals surface area contributed by atoms with Crippen molar-refractivity contribution in [3.8, 4) is 0 Å². The molecule has 0 aromatic carbocycles. The molecule has 3 N–H and O–H groups in total. The number of hydrogen-bond acceptors (Lipinski definition) is 3. The molecule has 23 heavy (non-hydrogen) atoms. The van der Waals surface area contributed by atoms with Crippen LogP contribution in [0.3, 0.4) is 0 Å². The van der Waals surface area contributed by atoms with Gasteiger partial charge in [-0.05, 0) is 38.7 Å². The molecule has 128 valence electrons. The topological polar surface area (TPSA) is 93.3 Å². The van der Waals surface area contributed by atoms with Gasteiger partial charge in [-0.15, -0.1) is 0 Å². The summed E-state index contributed by atoms with van der Waals surface area (Å²) in [6, 6.07) is 1.99. The lowest BCUT2D eigenvalue weighted by atomic mass is 9.96. The van der Waals surface area contributed by atoms with Crippen LogP contribution >= 0.6 is 0 Å². The Kier molecular flexibility index (Phi) is 5.63. The number of primary amides is 1. The van der Waals surface area contributed by atoms with Crippen molar-refractivity contribution in [2.24, 2.45) is 17.6 Å². The molecule has 0 radical (unpaired) electrons. The van der Waals surface area contributed by atoms with Crippen LogP contribution in [-0.4, -0.2) is 46.3 Å². The lowest BCUT2D eigenvalue weighted by molar-refractivity contribution is -0.123. The molecule has 0 unspecified atom stereocenters. The van der Waals surface area contributed by atoms with Crippen molar-refractivity contribution in [3.63, 3.8) is 0 Å². The number of carbonyl (C=O) groups is 2. The van der Waals surface area contributed by atoms with Crippen molar-refractivity contribution in [3.05, 3.63) is 17.5 Å². The first-order chi connectivity index (χ1) is 10.9. The standard InChI is InChI=1S/C16H27N5O2/c1-11(10-21-13(3)8-12(2)19-21)9-18-16(23)20-6-4-14(5-7-20)15(17)22/h8,11,14H,4-7,9-10H2,1-3H3,(H2,17,22)(H,18,23)/t11-/m1/s1. The highest BCUT2D eigenvalue weighted by Gasteiger charge is 2.25. The molecule has 1 saturated heterocycles. The second-order valence-corrected chi connectivity index (χ2v) is 6.56. The van der Waals surface area contributed by atoms with E-state index >= 15 is 0 Å². The van der Waals surface area contributed by atoms with E-state index in [-0.39, 0.29) is 17.9 Å². The Morgan fingerprint density at radius 1 is 1.39 bits per heavy atom. The first-order valence-corrected chi connectivity index (χ1v) is 8.20. The van der Waals surface area contributed by atoms with E-state index in [0.717, 1.165) is 17.9 Å². The highest BCUT2D eigenvalue weighted by Crippen LogP contribution is 2.16. The fraction of sp³-hybridized carbons (Fsp3) is 0.688. The quantitative estimate of drug-likeness (QED) is 0.848. The van der Waals surface area contributed by atoms with Crippen molar-refractivity contribution in [2.75, 3.05) is 19.6 Å². The largest absolute Gasteiger partial charge is 0.369 e. The van der Waals surface area contributed by atoms with Crippen molar-refractivity contribution in [1.82, 2.24) is 20.0 Å². The molecule has 1 aromatic rings. The Morgan fingerprint density at radius 3 is 2.57 bits per heavy atom. The summed E-state index contributed by atoms with van der Waals surface area (Å²) in [4.78, 5) is 25.1. The summed E-state index contributed by atoms with van der Waals surface area (Å²) in [5.74, 6) is -0.0623. The van der Waals surface area contributed by atoms with E-state index in [1.807, 2.05) is 24.6 Å². The minimum Gasteiger partial charge on any atom is -0.369 e. The van der Waals surface area contributed by atoms with Crippen molar-refractivity contribution in [2.45, 2.75) is 40.2 Å². The molecule has 2 heterocycles. The number of nitrogens with two attached hydrogens (primary N) is 1. The molecule has 0 aliphatic carbocycles. The zero-order valence-corrected chi connectivity index (χ0v) is 14.2. The highest BCUT2D eigenvalue weighted by molar-refractivity contribution is 5.78. The van der Waals surface area contributed by atoms with Gasteiger partial charge >= 0.3 is 6.03 Å². The van der Waals surface area contributed by atoms with Crippen LogP contribution in [0.2, 0.25) is 0 Å². The van der Waals surface area contributed by atoms with Crippen LogP contribution in [0.25, 0.3) is 0 Å². The number of piperidine rings is 1. The number of nitrogens with one attached hydrogen (secondary N) is 1. The number of nitrogens with zero attached hydrogens (tertiary/aromatic N) is 3. The zero-order valence-electron chi connectivity index (χ0n) is 14.2. The first-order valence-electron chi connectivity index (χ1n) is 8.20. The lowest BCUT2D eigenvalue weighted by Crippen LogP contribution is -2.47. The van der Waals surface area contributed by atoms with Gasteiger partial charge in [-0.3, -0.25) is 9.48 Å². The van der Waals surface area contributed by atoms with E-state index < -0.39 is 0 Å². The highest BCUT2D eigenvalue weighted by atomic mass is 16.2. The Labute approximate surface area is 137 Å². The van der Waals surface area contributed by atoms with Crippen LogP contribution in [0.5, 0.6) is 0 Å². The van der Waals surface area contributed by atoms with Gasteiger partial charge in [-0.2, -0.15) is 5.10 Å². The molecule has 1 fully saturated rings. The van der Waals surface area contributed by atoms with Gasteiger partial charge in [0.25, 0.3) is 0 Å². The summed E-state index contributed by atoms with van der Waals surface area (Å²) >= 11 is 0. The number of aromatic nitrogens is 2. The molecule has 1 aromatic heterocycles. The summed E-state index contributed by atoms with van der Waals surface area (Å²) in [5, 5.41) is 7.41. The van der Waals surface area contributed by atoms with Gasteiger partial charge in [-0.1, -0.05) is 6.92 Å². The van der Waals surface area contributed by atoms with E-state index in [2.05, 4.69) is 17.3 Å². The van der Waals surface area contributed by atoms with Crippen molar-refractivity contribution >= 4 is 11.9 Å².